The van der Waals surface area contributed by atoms with E-state index in [1.165, 1.54) is 36.4 Å². The number of alkyl halides is 2. The number of carbonyl (C=O) groups is 2. The molecule has 2 rings (SSSR count). The summed E-state index contributed by atoms with van der Waals surface area (Å²) in [5.74, 6) is -4.03. The van der Waals surface area contributed by atoms with Gasteiger partial charge in [-0.15, -0.1) is 0 Å². The first-order chi connectivity index (χ1) is 11.8. The fourth-order valence-corrected chi connectivity index (χ4v) is 2.51. The highest BCUT2D eigenvalue weighted by atomic mass is 35.5. The fourth-order valence-electron chi connectivity index (χ4n) is 1.68. The van der Waals surface area contributed by atoms with Gasteiger partial charge in [-0.2, -0.15) is 8.78 Å². The molecule has 0 aliphatic carbocycles. The summed E-state index contributed by atoms with van der Waals surface area (Å²) in [4.78, 5) is 27.7. The van der Waals surface area contributed by atoms with Gasteiger partial charge in [-0.1, -0.05) is 35.0 Å². The molecular formula is C15H10Cl2F2N2O3S. The number of esters is 1. The van der Waals surface area contributed by atoms with Crippen molar-refractivity contribution in [3.8, 4) is 0 Å². The van der Waals surface area contributed by atoms with Gasteiger partial charge < -0.3 is 10.1 Å². The van der Waals surface area contributed by atoms with E-state index in [9.17, 15) is 18.4 Å². The van der Waals surface area contributed by atoms with E-state index in [1.807, 2.05) is 0 Å². The predicted octanol–water partition coefficient (Wildman–Crippen LogP) is 4.50. The predicted molar refractivity (Wildman–Crippen MR) is 91.5 cm³/mol. The second kappa shape index (κ2) is 8.98. The van der Waals surface area contributed by atoms with Crippen LogP contribution >= 0.6 is 35.0 Å². The molecule has 0 unspecified atom stereocenters. The highest BCUT2D eigenvalue weighted by Gasteiger charge is 2.16. The standard InChI is InChI=1S/C15H10Cl2F2N2O3S/c16-10-5-6-11(17)21-13(10)14(23)24-7-12(22)20-8-1-3-9(4-2-8)25-15(18)19/h1-6,15H,7H2,(H,20,22). The number of aromatic nitrogens is 1. The number of benzene rings is 1. The molecule has 1 amide bonds. The Morgan fingerprint density at radius 1 is 1.16 bits per heavy atom. The van der Waals surface area contributed by atoms with Gasteiger partial charge in [0.2, 0.25) is 0 Å². The van der Waals surface area contributed by atoms with Crippen LogP contribution in [0, 0.1) is 0 Å². The van der Waals surface area contributed by atoms with Crippen molar-refractivity contribution >= 4 is 52.5 Å². The molecule has 0 bridgehead atoms. The van der Waals surface area contributed by atoms with Crippen LogP contribution in [0.1, 0.15) is 10.5 Å². The summed E-state index contributed by atoms with van der Waals surface area (Å²) in [6.45, 7) is -0.573. The van der Waals surface area contributed by atoms with Gasteiger partial charge >= 0.3 is 5.97 Å². The third-order valence-corrected chi connectivity index (χ3v) is 3.94. The van der Waals surface area contributed by atoms with Crippen molar-refractivity contribution in [2.24, 2.45) is 0 Å². The van der Waals surface area contributed by atoms with E-state index in [1.54, 1.807) is 0 Å². The number of amides is 1. The van der Waals surface area contributed by atoms with Crippen molar-refractivity contribution in [2.75, 3.05) is 11.9 Å². The van der Waals surface area contributed by atoms with E-state index in [4.69, 9.17) is 27.9 Å². The SMILES string of the molecule is O=C(COC(=O)c1nc(Cl)ccc1Cl)Nc1ccc(SC(F)F)cc1. The summed E-state index contributed by atoms with van der Waals surface area (Å²) < 4.78 is 29.3. The molecule has 1 aromatic heterocycles. The molecule has 5 nitrogen and oxygen atoms in total. The van der Waals surface area contributed by atoms with Gasteiger partial charge in [0.15, 0.2) is 12.3 Å². The molecule has 25 heavy (non-hydrogen) atoms. The minimum Gasteiger partial charge on any atom is -0.451 e. The van der Waals surface area contributed by atoms with Crippen molar-refractivity contribution in [1.29, 1.82) is 0 Å². The first-order valence-corrected chi connectivity index (χ1v) is 8.32. The minimum absolute atomic E-state index is 0.0435. The van der Waals surface area contributed by atoms with Crippen LogP contribution in [-0.4, -0.2) is 29.2 Å². The Bertz CT molecular complexity index is 776. The molecule has 0 aliphatic heterocycles. The Labute approximate surface area is 155 Å². The summed E-state index contributed by atoms with van der Waals surface area (Å²) in [5.41, 5.74) is 0.175. The number of hydrogen-bond acceptors (Lipinski definition) is 5. The number of ether oxygens (including phenoxy) is 1. The number of thioether (sulfide) groups is 1. The maximum absolute atomic E-state index is 12.2. The number of anilines is 1. The molecule has 0 saturated carbocycles. The molecule has 2 aromatic rings. The van der Waals surface area contributed by atoms with E-state index in [0.29, 0.717) is 22.3 Å². The zero-order valence-corrected chi connectivity index (χ0v) is 14.7. The second-order valence-corrected chi connectivity index (χ2v) is 6.35. The zero-order valence-electron chi connectivity index (χ0n) is 12.3. The lowest BCUT2D eigenvalue weighted by Gasteiger charge is -2.08. The Morgan fingerprint density at radius 2 is 1.84 bits per heavy atom. The maximum atomic E-state index is 12.2. The molecule has 1 N–H and O–H groups in total. The number of nitrogens with zero attached hydrogens (tertiary/aromatic N) is 1. The fraction of sp³-hybridized carbons (Fsp3) is 0.133. The summed E-state index contributed by atoms with van der Waals surface area (Å²) in [6.07, 6.45) is 0. The summed E-state index contributed by atoms with van der Waals surface area (Å²) in [5, 5.41) is 2.56. The Kier molecular flexibility index (Phi) is 6.98. The monoisotopic (exact) mass is 406 g/mol. The maximum Gasteiger partial charge on any atom is 0.359 e. The lowest BCUT2D eigenvalue weighted by atomic mass is 10.3. The quantitative estimate of drug-likeness (QED) is 0.434. The molecule has 0 spiro atoms. The lowest BCUT2D eigenvalue weighted by molar-refractivity contribution is -0.119. The topological polar surface area (TPSA) is 68.3 Å². The van der Waals surface area contributed by atoms with Crippen LogP contribution in [0.5, 0.6) is 0 Å². The molecule has 0 radical (unpaired) electrons. The number of hydrogen-bond donors (Lipinski definition) is 1. The van der Waals surface area contributed by atoms with Crippen LogP contribution < -0.4 is 5.32 Å². The Balaban J connectivity index is 1.88. The molecule has 10 heteroatoms. The zero-order chi connectivity index (χ0) is 18.4. The third-order valence-electron chi connectivity index (χ3n) is 2.70. The van der Waals surface area contributed by atoms with E-state index in [-0.39, 0.29) is 15.9 Å². The third kappa shape index (κ3) is 6.15. The van der Waals surface area contributed by atoms with E-state index < -0.39 is 24.2 Å². The van der Waals surface area contributed by atoms with Crippen LogP contribution in [0.25, 0.3) is 0 Å². The summed E-state index contributed by atoms with van der Waals surface area (Å²) in [7, 11) is 0. The van der Waals surface area contributed by atoms with Crippen molar-refractivity contribution in [1.82, 2.24) is 4.98 Å². The van der Waals surface area contributed by atoms with E-state index in [2.05, 4.69) is 10.3 Å². The van der Waals surface area contributed by atoms with Crippen LogP contribution in [0.2, 0.25) is 10.2 Å². The van der Waals surface area contributed by atoms with Gasteiger partial charge in [-0.05, 0) is 36.4 Å². The van der Waals surface area contributed by atoms with Crippen LogP contribution in [-0.2, 0) is 9.53 Å². The van der Waals surface area contributed by atoms with E-state index in [0.717, 1.165) is 0 Å². The number of nitrogens with one attached hydrogen (secondary N) is 1. The van der Waals surface area contributed by atoms with Gasteiger partial charge in [-0.25, -0.2) is 9.78 Å². The number of halogens is 4. The summed E-state index contributed by atoms with van der Waals surface area (Å²) in [6, 6.07) is 8.58. The van der Waals surface area contributed by atoms with E-state index >= 15 is 0 Å². The first-order valence-electron chi connectivity index (χ1n) is 6.69. The molecular weight excluding hydrogens is 397 g/mol. The van der Waals surface area contributed by atoms with Gasteiger partial charge in [0, 0.05) is 10.6 Å². The Hall–Kier alpha value is -1.90. The molecule has 0 saturated heterocycles. The molecule has 1 aromatic carbocycles. The van der Waals surface area contributed by atoms with Gasteiger partial charge in [0.25, 0.3) is 11.7 Å². The van der Waals surface area contributed by atoms with Gasteiger partial charge in [-0.3, -0.25) is 4.79 Å². The van der Waals surface area contributed by atoms with Crippen molar-refractivity contribution in [2.45, 2.75) is 10.7 Å². The van der Waals surface area contributed by atoms with Gasteiger partial charge in [0.05, 0.1) is 5.02 Å². The largest absolute Gasteiger partial charge is 0.451 e. The summed E-state index contributed by atoms with van der Waals surface area (Å²) >= 11 is 11.9. The highest BCUT2D eigenvalue weighted by Crippen LogP contribution is 2.26. The number of pyridine rings is 1. The van der Waals surface area contributed by atoms with Crippen LogP contribution in [0.3, 0.4) is 0 Å². The highest BCUT2D eigenvalue weighted by molar-refractivity contribution is 7.99. The molecule has 1 heterocycles. The van der Waals surface area contributed by atoms with Crippen LogP contribution in [0.15, 0.2) is 41.3 Å². The van der Waals surface area contributed by atoms with Gasteiger partial charge in [0.1, 0.15) is 5.15 Å². The normalized spacial score (nSPS) is 10.6. The molecule has 132 valence electrons. The van der Waals surface area contributed by atoms with Crippen molar-refractivity contribution in [3.05, 3.63) is 52.3 Å². The average molecular weight is 407 g/mol. The first kappa shape index (κ1) is 19.4. The number of rotatable bonds is 6. The van der Waals surface area contributed by atoms with Crippen molar-refractivity contribution < 1.29 is 23.1 Å². The lowest BCUT2D eigenvalue weighted by Crippen LogP contribution is -2.21. The second-order valence-electron chi connectivity index (χ2n) is 4.49. The Morgan fingerprint density at radius 3 is 2.48 bits per heavy atom. The smallest absolute Gasteiger partial charge is 0.359 e. The number of carbonyl (C=O) groups excluding carboxylic acids is 2. The molecule has 0 fully saturated rings. The minimum atomic E-state index is -2.52. The average Bonchev–Trinajstić information content (AvgIpc) is 2.56. The van der Waals surface area contributed by atoms with Crippen LogP contribution in [0.4, 0.5) is 14.5 Å². The molecule has 0 aliphatic rings. The van der Waals surface area contributed by atoms with Crippen molar-refractivity contribution in [3.63, 3.8) is 0 Å². The molecule has 0 atom stereocenters.